The Bertz CT molecular complexity index is 1380. The van der Waals surface area contributed by atoms with Crippen LogP contribution in [0.5, 0.6) is 11.5 Å². The number of carbonyl (C=O) groups is 3. The first-order valence-electron chi connectivity index (χ1n) is 12.6. The lowest BCUT2D eigenvalue weighted by molar-refractivity contribution is -0.123. The summed E-state index contributed by atoms with van der Waals surface area (Å²) in [6, 6.07) is 9.53. The maximum atomic E-state index is 14.3. The van der Waals surface area contributed by atoms with Gasteiger partial charge in [0.25, 0.3) is 11.8 Å². The zero-order valence-electron chi connectivity index (χ0n) is 22.4. The summed E-state index contributed by atoms with van der Waals surface area (Å²) < 4.78 is 15.1. The number of amides is 3. The molecule has 0 aliphatic heterocycles. The fourth-order valence-corrected chi connectivity index (χ4v) is 5.76. The number of carbonyl (C=O) groups excluding carboxylic acids is 3. The van der Waals surface area contributed by atoms with Crippen LogP contribution < -0.4 is 31.2 Å². The molecule has 206 valence electrons. The molecule has 0 radical (unpaired) electrons. The number of primary amides is 1. The number of hydrogen-bond donors (Lipinski definition) is 3. The Labute approximate surface area is 231 Å². The van der Waals surface area contributed by atoms with E-state index < -0.39 is 17.9 Å². The highest BCUT2D eigenvalue weighted by atomic mass is 32.1. The molecule has 39 heavy (non-hydrogen) atoms. The maximum Gasteiger partial charge on any atom is 0.273 e. The molecule has 1 heterocycles. The van der Waals surface area contributed by atoms with Gasteiger partial charge < -0.3 is 26.3 Å². The number of ether oxygens (including phenoxy) is 2. The van der Waals surface area contributed by atoms with Crippen molar-refractivity contribution in [2.75, 3.05) is 24.9 Å². The first-order valence-corrected chi connectivity index (χ1v) is 13.4. The van der Waals surface area contributed by atoms with Crippen LogP contribution in [0.4, 0.5) is 11.4 Å². The number of nitrogens with one attached hydrogen (secondary N) is 1. The minimum atomic E-state index is -1.16. The van der Waals surface area contributed by atoms with Crippen LogP contribution in [0.15, 0.2) is 36.4 Å². The molecule has 1 saturated carbocycles. The molecule has 1 aliphatic rings. The molecule has 10 nitrogen and oxygen atoms in total. The minimum absolute atomic E-state index is 0.00323. The number of hydrogen-bond acceptors (Lipinski definition) is 8. The van der Waals surface area contributed by atoms with Gasteiger partial charge in [0.15, 0.2) is 5.69 Å². The lowest BCUT2D eigenvalue weighted by Gasteiger charge is -2.33. The van der Waals surface area contributed by atoms with Gasteiger partial charge >= 0.3 is 0 Å². The number of rotatable bonds is 9. The number of nitrogen functional groups attached to an aromatic ring is 1. The first-order chi connectivity index (χ1) is 18.6. The third-order valence-electron chi connectivity index (χ3n) is 6.80. The van der Waals surface area contributed by atoms with E-state index in [1.807, 2.05) is 32.0 Å². The van der Waals surface area contributed by atoms with Gasteiger partial charge in [-0.15, -0.1) is 0 Å². The summed E-state index contributed by atoms with van der Waals surface area (Å²) in [5.41, 5.74) is 14.0. The van der Waals surface area contributed by atoms with Crippen LogP contribution in [0.2, 0.25) is 0 Å². The Hall–Kier alpha value is -4.12. The molecule has 3 aromatic rings. The van der Waals surface area contributed by atoms with Gasteiger partial charge in [-0.2, -0.15) is 4.37 Å². The number of methoxy groups -OCH3 is 2. The highest BCUT2D eigenvalue weighted by molar-refractivity contribution is 7.09. The van der Waals surface area contributed by atoms with E-state index in [1.165, 1.54) is 19.1 Å². The van der Waals surface area contributed by atoms with Crippen molar-refractivity contribution in [3.8, 4) is 11.5 Å². The maximum absolute atomic E-state index is 14.3. The molecule has 5 N–H and O–H groups in total. The van der Waals surface area contributed by atoms with E-state index in [9.17, 15) is 14.4 Å². The van der Waals surface area contributed by atoms with Crippen LogP contribution >= 0.6 is 11.5 Å². The second kappa shape index (κ2) is 11.7. The zero-order valence-corrected chi connectivity index (χ0v) is 23.3. The summed E-state index contributed by atoms with van der Waals surface area (Å²) in [6.07, 6.45) is 3.75. The summed E-state index contributed by atoms with van der Waals surface area (Å²) in [4.78, 5) is 41.8. The molecule has 0 bridgehead atoms. The predicted molar refractivity (Wildman–Crippen MR) is 150 cm³/mol. The molecule has 3 amide bonds. The van der Waals surface area contributed by atoms with Crippen molar-refractivity contribution in [2.45, 2.75) is 51.6 Å². The van der Waals surface area contributed by atoms with Crippen molar-refractivity contribution in [2.24, 2.45) is 5.73 Å². The van der Waals surface area contributed by atoms with E-state index in [2.05, 4.69) is 9.69 Å². The largest absolute Gasteiger partial charge is 0.497 e. The standard InChI is InChI=1S/C28H33N5O5S/c1-15-11-16(2)13-18(12-15)33(28(36)25-22(29)23(26(30)34)32-39-25)24(27(35)31-17-7-5-6-8-17)20-14-19(37-3)9-10-21(20)38-4/h9-14,17,24H,5-8,29H2,1-4H3,(H2,30,34)(H,31,35)/t24-/m1/s1. The minimum Gasteiger partial charge on any atom is -0.497 e. The van der Waals surface area contributed by atoms with Crippen LogP contribution in [-0.2, 0) is 4.79 Å². The quantitative estimate of drug-likeness (QED) is 0.365. The Balaban J connectivity index is 1.96. The highest BCUT2D eigenvalue weighted by Gasteiger charge is 2.39. The van der Waals surface area contributed by atoms with E-state index in [-0.39, 0.29) is 28.2 Å². The molecule has 1 atom stereocenters. The van der Waals surface area contributed by atoms with Gasteiger partial charge in [0.1, 0.15) is 22.4 Å². The molecular formula is C28H33N5O5S. The summed E-state index contributed by atoms with van der Waals surface area (Å²) in [7, 11) is 3.02. The van der Waals surface area contributed by atoms with Gasteiger partial charge in [-0.05, 0) is 79.7 Å². The van der Waals surface area contributed by atoms with Gasteiger partial charge in [0.2, 0.25) is 5.91 Å². The zero-order chi connectivity index (χ0) is 28.3. The third kappa shape index (κ3) is 5.83. The molecule has 2 aromatic carbocycles. The molecule has 1 fully saturated rings. The van der Waals surface area contributed by atoms with Crippen molar-refractivity contribution >= 4 is 40.6 Å². The van der Waals surface area contributed by atoms with Gasteiger partial charge in [-0.1, -0.05) is 18.9 Å². The summed E-state index contributed by atoms with van der Waals surface area (Å²) in [5, 5.41) is 3.14. The topological polar surface area (TPSA) is 150 Å². The van der Waals surface area contributed by atoms with Crippen molar-refractivity contribution in [1.29, 1.82) is 0 Å². The van der Waals surface area contributed by atoms with E-state index in [0.29, 0.717) is 22.7 Å². The van der Waals surface area contributed by atoms with Crippen LogP contribution in [0, 0.1) is 13.8 Å². The molecule has 0 spiro atoms. The van der Waals surface area contributed by atoms with Crippen LogP contribution in [0.1, 0.15) is 68.6 Å². The van der Waals surface area contributed by atoms with Crippen molar-refractivity contribution in [3.63, 3.8) is 0 Å². The Morgan fingerprint density at radius 2 is 1.72 bits per heavy atom. The van der Waals surface area contributed by atoms with Crippen LogP contribution in [0.3, 0.4) is 0 Å². The van der Waals surface area contributed by atoms with Gasteiger partial charge in [-0.25, -0.2) is 0 Å². The summed E-state index contributed by atoms with van der Waals surface area (Å²) in [5.74, 6) is -0.922. The fourth-order valence-electron chi connectivity index (χ4n) is 5.01. The van der Waals surface area contributed by atoms with Crippen LogP contribution in [0.25, 0.3) is 0 Å². The monoisotopic (exact) mass is 551 g/mol. The number of nitrogens with zero attached hydrogens (tertiary/aromatic N) is 2. The SMILES string of the molecule is COc1ccc(OC)c([C@H](C(=O)NC2CCCC2)N(C(=O)c2snc(C(N)=O)c2N)c2cc(C)cc(C)c2)c1. The highest BCUT2D eigenvalue weighted by Crippen LogP contribution is 2.39. The number of benzene rings is 2. The molecule has 0 saturated heterocycles. The average molecular weight is 552 g/mol. The smallest absolute Gasteiger partial charge is 0.273 e. The second-order valence-corrected chi connectivity index (χ2v) is 10.4. The number of anilines is 2. The predicted octanol–water partition coefficient (Wildman–Crippen LogP) is 3.91. The van der Waals surface area contributed by atoms with E-state index in [1.54, 1.807) is 18.2 Å². The Morgan fingerprint density at radius 1 is 1.05 bits per heavy atom. The molecule has 1 aromatic heterocycles. The molecule has 0 unspecified atom stereocenters. The number of aryl methyl sites for hydroxylation is 2. The molecule has 11 heteroatoms. The first kappa shape index (κ1) is 27.9. The lowest BCUT2D eigenvalue weighted by Crippen LogP contribution is -2.46. The molecule has 4 rings (SSSR count). The molecular weight excluding hydrogens is 518 g/mol. The van der Waals surface area contributed by atoms with Gasteiger partial charge in [0.05, 0.1) is 19.9 Å². The third-order valence-corrected chi connectivity index (χ3v) is 7.65. The van der Waals surface area contributed by atoms with Crippen molar-refractivity contribution in [3.05, 3.63) is 63.7 Å². The van der Waals surface area contributed by atoms with E-state index >= 15 is 0 Å². The van der Waals surface area contributed by atoms with Gasteiger partial charge in [-0.3, -0.25) is 19.3 Å². The Morgan fingerprint density at radius 3 is 2.28 bits per heavy atom. The van der Waals surface area contributed by atoms with E-state index in [4.69, 9.17) is 20.9 Å². The normalized spacial score (nSPS) is 14.1. The van der Waals surface area contributed by atoms with Crippen molar-refractivity contribution < 1.29 is 23.9 Å². The van der Waals surface area contributed by atoms with Crippen LogP contribution in [-0.4, -0.2) is 42.4 Å². The average Bonchev–Trinajstić information content (AvgIpc) is 3.55. The second-order valence-electron chi connectivity index (χ2n) is 9.66. The number of aromatic nitrogens is 1. The lowest BCUT2D eigenvalue weighted by atomic mass is 9.99. The Kier molecular flexibility index (Phi) is 8.39. The number of nitrogens with two attached hydrogens (primary N) is 2. The molecule has 1 aliphatic carbocycles. The van der Waals surface area contributed by atoms with E-state index in [0.717, 1.165) is 48.3 Å². The van der Waals surface area contributed by atoms with Gasteiger partial charge in [0, 0.05) is 17.3 Å². The fraction of sp³-hybridized carbons (Fsp3) is 0.357. The van der Waals surface area contributed by atoms with Crippen molar-refractivity contribution in [1.82, 2.24) is 9.69 Å². The summed E-state index contributed by atoms with van der Waals surface area (Å²) >= 11 is 0.764. The summed E-state index contributed by atoms with van der Waals surface area (Å²) in [6.45, 7) is 3.82.